The lowest BCUT2D eigenvalue weighted by atomic mass is 10.1. The van der Waals surface area contributed by atoms with Gasteiger partial charge in [0.15, 0.2) is 0 Å². The summed E-state index contributed by atoms with van der Waals surface area (Å²) in [5.74, 6) is 0.229. The topological polar surface area (TPSA) is 23.6 Å². The van der Waals surface area contributed by atoms with Gasteiger partial charge >= 0.3 is 0 Å². The molecule has 1 aromatic carbocycles. The van der Waals surface area contributed by atoms with Gasteiger partial charge in [-0.15, -0.1) is 0 Å². The van der Waals surface area contributed by atoms with Gasteiger partial charge in [0.05, 0.1) is 0 Å². The second-order valence-electron chi connectivity index (χ2n) is 4.73. The lowest BCUT2D eigenvalue weighted by Crippen LogP contribution is -2.42. The van der Waals surface area contributed by atoms with E-state index in [-0.39, 0.29) is 5.91 Å². The quantitative estimate of drug-likeness (QED) is 0.578. The van der Waals surface area contributed by atoms with Gasteiger partial charge in [0.1, 0.15) is 0 Å². The van der Waals surface area contributed by atoms with Crippen LogP contribution in [0.15, 0.2) is 24.3 Å². The number of fused-ring (bicyclic) bond motifs is 1. The van der Waals surface area contributed by atoms with Crippen molar-refractivity contribution in [3.8, 4) is 0 Å². The predicted molar refractivity (Wildman–Crippen MR) is 74.9 cm³/mol. The second kappa shape index (κ2) is 4.57. The van der Waals surface area contributed by atoms with E-state index in [0.29, 0.717) is 6.04 Å². The van der Waals surface area contributed by atoms with Crippen LogP contribution in [0.1, 0.15) is 28.8 Å². The minimum Gasteiger partial charge on any atom is -0.331 e. The van der Waals surface area contributed by atoms with Gasteiger partial charge in [-0.05, 0) is 24.5 Å². The molecule has 90 valence electrons. The monoisotopic (exact) mass is 342 g/mol. The summed E-state index contributed by atoms with van der Waals surface area (Å²) in [5, 5.41) is 0. The van der Waals surface area contributed by atoms with Gasteiger partial charge in [-0.25, -0.2) is 3.11 Å². The number of carbonyl (C=O) groups excluding carboxylic acids is 1. The molecule has 0 bridgehead atoms. The van der Waals surface area contributed by atoms with E-state index in [9.17, 15) is 4.79 Å². The molecule has 0 aliphatic carbocycles. The van der Waals surface area contributed by atoms with E-state index in [4.69, 9.17) is 0 Å². The molecule has 0 N–H and O–H groups in total. The summed E-state index contributed by atoms with van der Waals surface area (Å²) in [6.45, 7) is 2.98. The van der Waals surface area contributed by atoms with Crippen molar-refractivity contribution in [2.75, 3.05) is 13.1 Å². The molecule has 2 heterocycles. The van der Waals surface area contributed by atoms with Crippen molar-refractivity contribution in [1.82, 2.24) is 8.01 Å². The minimum atomic E-state index is 0.229. The number of nitrogens with zero attached hydrogens (tertiary/aromatic N) is 2. The molecule has 1 amide bonds. The Hall–Kier alpha value is -0.620. The normalized spacial score (nSPS) is 21.9. The van der Waals surface area contributed by atoms with Gasteiger partial charge in [0.25, 0.3) is 5.91 Å². The molecule has 2 aliphatic heterocycles. The van der Waals surface area contributed by atoms with Crippen molar-refractivity contribution in [3.05, 3.63) is 35.4 Å². The zero-order valence-electron chi connectivity index (χ0n) is 9.60. The van der Waals surface area contributed by atoms with Crippen LogP contribution in [0.5, 0.6) is 0 Å². The average molecular weight is 342 g/mol. The van der Waals surface area contributed by atoms with Gasteiger partial charge in [-0.2, -0.15) is 0 Å². The van der Waals surface area contributed by atoms with E-state index in [0.717, 1.165) is 38.0 Å². The Balaban J connectivity index is 1.78. The zero-order valence-corrected chi connectivity index (χ0v) is 11.8. The number of hydrogen-bond acceptors (Lipinski definition) is 2. The highest BCUT2D eigenvalue weighted by Crippen LogP contribution is 2.28. The third-order valence-electron chi connectivity index (χ3n) is 3.70. The molecule has 0 atom stereocenters. The molecule has 3 rings (SSSR count). The first-order valence-corrected chi connectivity index (χ1v) is 7.02. The molecular weight excluding hydrogens is 327 g/mol. The maximum atomic E-state index is 12.3. The Labute approximate surface area is 115 Å². The summed E-state index contributed by atoms with van der Waals surface area (Å²) in [6.07, 6.45) is 2.20. The van der Waals surface area contributed by atoms with Crippen LogP contribution < -0.4 is 0 Å². The average Bonchev–Trinajstić information content (AvgIpc) is 2.69. The van der Waals surface area contributed by atoms with Crippen LogP contribution in [0.25, 0.3) is 0 Å². The fourth-order valence-electron chi connectivity index (χ4n) is 2.72. The molecule has 0 spiro atoms. The maximum Gasteiger partial charge on any atom is 0.254 e. The van der Waals surface area contributed by atoms with Gasteiger partial charge in [0.2, 0.25) is 0 Å². The largest absolute Gasteiger partial charge is 0.331 e. The molecule has 0 radical (unpaired) electrons. The van der Waals surface area contributed by atoms with Crippen LogP contribution in [0.4, 0.5) is 0 Å². The zero-order chi connectivity index (χ0) is 11.8. The Morgan fingerprint density at radius 2 is 1.88 bits per heavy atom. The van der Waals surface area contributed by atoms with Gasteiger partial charge in [0, 0.05) is 54.1 Å². The van der Waals surface area contributed by atoms with E-state index < -0.39 is 0 Å². The van der Waals surface area contributed by atoms with Gasteiger partial charge in [-0.1, -0.05) is 18.2 Å². The number of halogens is 1. The van der Waals surface area contributed by atoms with Crippen molar-refractivity contribution >= 4 is 28.8 Å². The molecule has 4 heteroatoms. The van der Waals surface area contributed by atoms with Crippen LogP contribution >= 0.6 is 22.9 Å². The maximum absolute atomic E-state index is 12.3. The number of hydrogen-bond donors (Lipinski definition) is 0. The fraction of sp³-hybridized carbons (Fsp3) is 0.462. The summed E-state index contributed by atoms with van der Waals surface area (Å²) in [5.41, 5.74) is 2.10. The highest BCUT2D eigenvalue weighted by molar-refractivity contribution is 14.1. The summed E-state index contributed by atoms with van der Waals surface area (Å²) >= 11 is 2.37. The smallest absolute Gasteiger partial charge is 0.254 e. The number of carbonyl (C=O) groups is 1. The van der Waals surface area contributed by atoms with Crippen molar-refractivity contribution < 1.29 is 4.79 Å². The number of rotatable bonds is 1. The molecule has 1 aromatic rings. The molecular formula is C13H15IN2O. The summed E-state index contributed by atoms with van der Waals surface area (Å²) in [7, 11) is 0. The third-order valence-corrected chi connectivity index (χ3v) is 4.66. The predicted octanol–water partition coefficient (Wildman–Crippen LogP) is 2.46. The fourth-order valence-corrected chi connectivity index (χ4v) is 3.27. The Bertz CT molecular complexity index is 441. The molecule has 17 heavy (non-hydrogen) atoms. The molecule has 1 saturated heterocycles. The molecule has 3 nitrogen and oxygen atoms in total. The van der Waals surface area contributed by atoms with Crippen molar-refractivity contribution in [2.24, 2.45) is 0 Å². The number of benzene rings is 1. The van der Waals surface area contributed by atoms with Crippen LogP contribution in [-0.4, -0.2) is 33.1 Å². The molecule has 0 unspecified atom stereocenters. The Morgan fingerprint density at radius 1 is 1.18 bits per heavy atom. The highest BCUT2D eigenvalue weighted by Gasteiger charge is 2.33. The Morgan fingerprint density at radius 3 is 2.59 bits per heavy atom. The molecule has 1 fully saturated rings. The van der Waals surface area contributed by atoms with Crippen LogP contribution in [0, 0.1) is 0 Å². The lowest BCUT2D eigenvalue weighted by Gasteiger charge is -2.34. The SMILES string of the molecule is O=C1c2ccccc2CN1C1CCN(I)CC1. The standard InChI is InChI=1S/C13H15IN2O/c14-15-7-5-11(6-8-15)16-9-10-3-1-2-4-12(10)13(16)17/h1-4,11H,5-9H2. The first-order chi connectivity index (χ1) is 8.25. The number of piperidine rings is 1. The molecule has 2 aliphatic rings. The van der Waals surface area contributed by atoms with Gasteiger partial charge < -0.3 is 4.90 Å². The van der Waals surface area contributed by atoms with Gasteiger partial charge in [-0.3, -0.25) is 4.79 Å². The van der Waals surface area contributed by atoms with E-state index in [1.54, 1.807) is 0 Å². The van der Waals surface area contributed by atoms with Crippen molar-refractivity contribution in [1.29, 1.82) is 0 Å². The van der Waals surface area contributed by atoms with E-state index in [2.05, 4.69) is 36.9 Å². The van der Waals surface area contributed by atoms with Crippen LogP contribution in [0.2, 0.25) is 0 Å². The third kappa shape index (κ3) is 2.08. The highest BCUT2D eigenvalue weighted by atomic mass is 127. The first kappa shape index (κ1) is 11.5. The lowest BCUT2D eigenvalue weighted by molar-refractivity contribution is 0.0651. The molecule has 0 saturated carbocycles. The second-order valence-corrected chi connectivity index (χ2v) is 6.10. The Kier molecular flexibility index (Phi) is 3.08. The number of amides is 1. The van der Waals surface area contributed by atoms with E-state index in [1.807, 2.05) is 18.2 Å². The molecule has 0 aromatic heterocycles. The van der Waals surface area contributed by atoms with Crippen LogP contribution in [-0.2, 0) is 6.54 Å². The summed E-state index contributed by atoms with van der Waals surface area (Å²) in [6, 6.07) is 8.42. The van der Waals surface area contributed by atoms with E-state index in [1.165, 1.54) is 5.56 Å². The van der Waals surface area contributed by atoms with Crippen molar-refractivity contribution in [2.45, 2.75) is 25.4 Å². The first-order valence-electron chi connectivity index (χ1n) is 6.05. The summed E-state index contributed by atoms with van der Waals surface area (Å²) in [4.78, 5) is 14.4. The van der Waals surface area contributed by atoms with Crippen LogP contribution in [0.3, 0.4) is 0 Å². The van der Waals surface area contributed by atoms with Crippen molar-refractivity contribution in [3.63, 3.8) is 0 Å². The minimum absolute atomic E-state index is 0.229. The summed E-state index contributed by atoms with van der Waals surface area (Å²) < 4.78 is 2.31. The van der Waals surface area contributed by atoms with E-state index >= 15 is 0 Å².